The molecule has 7 heteroatoms. The average molecular weight is 315 g/mol. The number of carboxylic acid groups (broad SMARTS) is 1. The molecule has 1 aliphatic carbocycles. The largest absolute Gasteiger partial charge is 0.478 e. The number of halogens is 1. The molecule has 1 aromatic rings. The summed E-state index contributed by atoms with van der Waals surface area (Å²) in [6, 6.07) is 1.89. The highest BCUT2D eigenvalue weighted by Gasteiger charge is 2.24. The van der Waals surface area contributed by atoms with Crippen LogP contribution < -0.4 is 4.72 Å². The predicted molar refractivity (Wildman–Crippen MR) is 75.3 cm³/mol. The van der Waals surface area contributed by atoms with Gasteiger partial charge in [0.25, 0.3) is 0 Å². The van der Waals surface area contributed by atoms with E-state index in [1.165, 1.54) is 6.92 Å². The summed E-state index contributed by atoms with van der Waals surface area (Å²) in [6.45, 7) is 1.35. The minimum absolute atomic E-state index is 0.00100. The monoisotopic (exact) mass is 315 g/mol. The van der Waals surface area contributed by atoms with Crippen LogP contribution >= 0.6 is 0 Å². The topological polar surface area (TPSA) is 83.5 Å². The molecule has 0 saturated heterocycles. The van der Waals surface area contributed by atoms with Gasteiger partial charge in [0, 0.05) is 6.04 Å². The van der Waals surface area contributed by atoms with Crippen molar-refractivity contribution in [3.8, 4) is 0 Å². The first-order valence-electron chi connectivity index (χ1n) is 6.87. The molecular formula is C14H18FNO4S. The zero-order valence-corrected chi connectivity index (χ0v) is 12.5. The van der Waals surface area contributed by atoms with E-state index >= 15 is 0 Å². The number of benzene rings is 1. The zero-order valence-electron chi connectivity index (χ0n) is 11.7. The van der Waals surface area contributed by atoms with Crippen LogP contribution in [0.15, 0.2) is 17.0 Å². The van der Waals surface area contributed by atoms with E-state index in [1.807, 2.05) is 0 Å². The molecule has 0 aliphatic heterocycles. The van der Waals surface area contributed by atoms with E-state index in [-0.39, 0.29) is 16.5 Å². The summed E-state index contributed by atoms with van der Waals surface area (Å²) in [4.78, 5) is 10.8. The van der Waals surface area contributed by atoms with Gasteiger partial charge in [0.05, 0.1) is 10.5 Å². The molecule has 1 fully saturated rings. The quantitative estimate of drug-likeness (QED) is 0.894. The maximum atomic E-state index is 13.7. The molecule has 0 heterocycles. The van der Waals surface area contributed by atoms with Crippen molar-refractivity contribution < 1.29 is 22.7 Å². The van der Waals surface area contributed by atoms with Gasteiger partial charge in [0.1, 0.15) is 5.82 Å². The molecule has 5 nitrogen and oxygen atoms in total. The van der Waals surface area contributed by atoms with Crippen molar-refractivity contribution in [2.24, 2.45) is 0 Å². The fourth-order valence-corrected chi connectivity index (χ4v) is 3.97. The molecular weight excluding hydrogens is 297 g/mol. The summed E-state index contributed by atoms with van der Waals surface area (Å²) >= 11 is 0. The Morgan fingerprint density at radius 2 is 1.90 bits per heavy atom. The van der Waals surface area contributed by atoms with E-state index in [1.54, 1.807) is 0 Å². The Balaban J connectivity index is 2.33. The lowest BCUT2D eigenvalue weighted by molar-refractivity contribution is 0.0691. The first kappa shape index (κ1) is 15.9. The van der Waals surface area contributed by atoms with Gasteiger partial charge in [-0.25, -0.2) is 22.3 Å². The van der Waals surface area contributed by atoms with Crippen LogP contribution in [0.4, 0.5) is 4.39 Å². The molecule has 0 aromatic heterocycles. The summed E-state index contributed by atoms with van der Waals surface area (Å²) in [5.41, 5.74) is -0.627. The highest BCUT2D eigenvalue weighted by Crippen LogP contribution is 2.22. The van der Waals surface area contributed by atoms with Gasteiger partial charge in [0.2, 0.25) is 10.0 Å². The zero-order chi connectivity index (χ0) is 15.6. The lowest BCUT2D eigenvalue weighted by Crippen LogP contribution is -2.36. The summed E-state index contributed by atoms with van der Waals surface area (Å²) in [7, 11) is -3.84. The van der Waals surface area contributed by atoms with Crippen LogP contribution in [0, 0.1) is 12.7 Å². The Labute approximate surface area is 123 Å². The average Bonchev–Trinajstić information content (AvgIpc) is 2.41. The SMILES string of the molecule is Cc1cc(S(=O)(=O)NC2CCCCC2)cc(C(=O)O)c1F. The van der Waals surface area contributed by atoms with E-state index in [0.717, 1.165) is 44.2 Å². The molecule has 0 amide bonds. The van der Waals surface area contributed by atoms with Gasteiger partial charge in [-0.15, -0.1) is 0 Å². The number of nitrogens with one attached hydrogen (secondary N) is 1. The molecule has 1 aromatic carbocycles. The number of sulfonamides is 1. The molecule has 0 radical (unpaired) electrons. The van der Waals surface area contributed by atoms with Crippen LogP contribution in [0.2, 0.25) is 0 Å². The van der Waals surface area contributed by atoms with E-state index in [4.69, 9.17) is 5.11 Å². The third-order valence-corrected chi connectivity index (χ3v) is 5.20. The van der Waals surface area contributed by atoms with E-state index in [9.17, 15) is 17.6 Å². The van der Waals surface area contributed by atoms with Gasteiger partial charge >= 0.3 is 5.97 Å². The molecule has 116 valence electrons. The Hall–Kier alpha value is -1.47. The van der Waals surface area contributed by atoms with Gasteiger partial charge in [-0.2, -0.15) is 0 Å². The van der Waals surface area contributed by atoms with Crippen LogP contribution in [0.1, 0.15) is 48.0 Å². The molecule has 0 bridgehead atoms. The van der Waals surface area contributed by atoms with Gasteiger partial charge in [-0.05, 0) is 37.5 Å². The summed E-state index contributed by atoms with van der Waals surface area (Å²) in [5.74, 6) is -2.38. The second-order valence-corrected chi connectivity index (χ2v) is 7.08. The second kappa shape index (κ2) is 6.11. The number of aryl methyl sites for hydroxylation is 1. The number of rotatable bonds is 4. The van der Waals surface area contributed by atoms with Gasteiger partial charge in [-0.3, -0.25) is 0 Å². The van der Waals surface area contributed by atoms with Gasteiger partial charge in [0.15, 0.2) is 0 Å². The first-order valence-corrected chi connectivity index (χ1v) is 8.35. The van der Waals surface area contributed by atoms with Gasteiger partial charge in [-0.1, -0.05) is 19.3 Å². The number of aromatic carboxylic acids is 1. The summed E-state index contributed by atoms with van der Waals surface area (Å²) in [5, 5.41) is 8.95. The fraction of sp³-hybridized carbons (Fsp3) is 0.500. The van der Waals surface area contributed by atoms with Crippen molar-refractivity contribution >= 4 is 16.0 Å². The molecule has 2 N–H and O–H groups in total. The van der Waals surface area contributed by atoms with Gasteiger partial charge < -0.3 is 5.11 Å². The lowest BCUT2D eigenvalue weighted by Gasteiger charge is -2.22. The van der Waals surface area contributed by atoms with Crippen LogP contribution in [-0.4, -0.2) is 25.5 Å². The van der Waals surface area contributed by atoms with Crippen molar-refractivity contribution in [1.29, 1.82) is 0 Å². The van der Waals surface area contributed by atoms with E-state index < -0.39 is 27.4 Å². The van der Waals surface area contributed by atoms with Crippen molar-refractivity contribution in [1.82, 2.24) is 4.72 Å². The number of hydrogen-bond acceptors (Lipinski definition) is 3. The van der Waals surface area contributed by atoms with Crippen molar-refractivity contribution in [3.63, 3.8) is 0 Å². The van der Waals surface area contributed by atoms with Crippen LogP contribution in [0.25, 0.3) is 0 Å². The number of carbonyl (C=O) groups is 1. The first-order chi connectivity index (χ1) is 9.81. The highest BCUT2D eigenvalue weighted by molar-refractivity contribution is 7.89. The second-order valence-electron chi connectivity index (χ2n) is 5.36. The van der Waals surface area contributed by atoms with Crippen LogP contribution in [-0.2, 0) is 10.0 Å². The molecule has 1 aliphatic rings. The number of hydrogen-bond donors (Lipinski definition) is 2. The van der Waals surface area contributed by atoms with E-state index in [0.29, 0.717) is 0 Å². The third kappa shape index (κ3) is 3.59. The fourth-order valence-electron chi connectivity index (χ4n) is 2.56. The lowest BCUT2D eigenvalue weighted by atomic mass is 9.96. The predicted octanol–water partition coefficient (Wildman–Crippen LogP) is 2.44. The normalized spacial score (nSPS) is 16.9. The molecule has 0 unspecified atom stereocenters. The molecule has 21 heavy (non-hydrogen) atoms. The molecule has 1 saturated carbocycles. The summed E-state index contributed by atoms with van der Waals surface area (Å²) in [6.07, 6.45) is 4.57. The Morgan fingerprint density at radius 1 is 1.29 bits per heavy atom. The highest BCUT2D eigenvalue weighted by atomic mass is 32.2. The molecule has 0 spiro atoms. The minimum Gasteiger partial charge on any atom is -0.478 e. The third-order valence-electron chi connectivity index (χ3n) is 3.70. The number of carboxylic acids is 1. The molecule has 0 atom stereocenters. The van der Waals surface area contributed by atoms with Crippen molar-refractivity contribution in [3.05, 3.63) is 29.1 Å². The maximum absolute atomic E-state index is 13.7. The smallest absolute Gasteiger partial charge is 0.338 e. The van der Waals surface area contributed by atoms with Crippen LogP contribution in [0.5, 0.6) is 0 Å². The van der Waals surface area contributed by atoms with E-state index in [2.05, 4.69) is 4.72 Å². The minimum atomic E-state index is -3.84. The maximum Gasteiger partial charge on any atom is 0.338 e. The van der Waals surface area contributed by atoms with Crippen LogP contribution in [0.3, 0.4) is 0 Å². The summed E-state index contributed by atoms with van der Waals surface area (Å²) < 4.78 is 40.9. The standard InChI is InChI=1S/C14H18FNO4S/c1-9-7-11(8-12(13(9)15)14(17)18)21(19,20)16-10-5-3-2-4-6-10/h7-8,10,16H,2-6H2,1H3,(H,17,18). The van der Waals surface area contributed by atoms with Crippen molar-refractivity contribution in [2.45, 2.75) is 50.0 Å². The Morgan fingerprint density at radius 3 is 2.48 bits per heavy atom. The van der Waals surface area contributed by atoms with Crippen molar-refractivity contribution in [2.75, 3.05) is 0 Å². The Kier molecular flexibility index (Phi) is 4.63. The molecule has 2 rings (SSSR count). The Bertz CT molecular complexity index is 651.